The number of piperidine rings is 1. The molecule has 0 saturated carbocycles. The second kappa shape index (κ2) is 4.94. The summed E-state index contributed by atoms with van der Waals surface area (Å²) in [5.41, 5.74) is 0.126. The summed E-state index contributed by atoms with van der Waals surface area (Å²) in [6, 6.07) is 1.84. The second-order valence-corrected chi connectivity index (χ2v) is 5.07. The van der Waals surface area contributed by atoms with Gasteiger partial charge in [0.25, 0.3) is 0 Å². The zero-order valence-corrected chi connectivity index (χ0v) is 10.8. The third-order valence-corrected chi connectivity index (χ3v) is 3.24. The second-order valence-electron chi connectivity index (χ2n) is 5.07. The standard InChI is InChI=1S/C13H19N3O2/c1-13(18)7-3-9-16(10-13)12(17)5-4-11-6-8-14-15(11)2/h4-6,8,18H,3,7,9-10H2,1-2H3/b5-4+. The molecule has 2 rings (SSSR count). The molecule has 1 unspecified atom stereocenters. The van der Waals surface area contributed by atoms with E-state index in [1.165, 1.54) is 0 Å². The number of amides is 1. The summed E-state index contributed by atoms with van der Waals surface area (Å²) >= 11 is 0. The van der Waals surface area contributed by atoms with Crippen LogP contribution in [0, 0.1) is 0 Å². The molecule has 1 aliphatic rings. The monoisotopic (exact) mass is 249 g/mol. The van der Waals surface area contributed by atoms with Gasteiger partial charge in [-0.3, -0.25) is 9.48 Å². The number of aliphatic hydroxyl groups is 1. The predicted molar refractivity (Wildman–Crippen MR) is 68.7 cm³/mol. The van der Waals surface area contributed by atoms with Crippen molar-refractivity contribution in [2.45, 2.75) is 25.4 Å². The van der Waals surface area contributed by atoms with Crippen molar-refractivity contribution >= 4 is 12.0 Å². The molecule has 1 aromatic rings. The number of carbonyl (C=O) groups is 1. The Morgan fingerprint density at radius 1 is 1.61 bits per heavy atom. The molecule has 1 amide bonds. The number of rotatable bonds is 2. The molecule has 5 nitrogen and oxygen atoms in total. The molecule has 1 saturated heterocycles. The molecular formula is C13H19N3O2. The van der Waals surface area contributed by atoms with Crippen LogP contribution >= 0.6 is 0 Å². The minimum absolute atomic E-state index is 0.0591. The van der Waals surface area contributed by atoms with Crippen molar-refractivity contribution in [1.29, 1.82) is 0 Å². The lowest BCUT2D eigenvalue weighted by atomic mass is 9.95. The first kappa shape index (κ1) is 12.8. The molecule has 1 aromatic heterocycles. The van der Waals surface area contributed by atoms with E-state index in [0.717, 1.165) is 18.5 Å². The van der Waals surface area contributed by atoms with E-state index in [2.05, 4.69) is 5.10 Å². The van der Waals surface area contributed by atoms with Gasteiger partial charge >= 0.3 is 0 Å². The highest BCUT2D eigenvalue weighted by Gasteiger charge is 2.29. The Hall–Kier alpha value is -1.62. The van der Waals surface area contributed by atoms with E-state index in [1.807, 2.05) is 13.1 Å². The number of aromatic nitrogens is 2. The van der Waals surface area contributed by atoms with Crippen molar-refractivity contribution in [2.24, 2.45) is 7.05 Å². The van der Waals surface area contributed by atoms with Crippen molar-refractivity contribution in [3.8, 4) is 0 Å². The van der Waals surface area contributed by atoms with Crippen molar-refractivity contribution in [2.75, 3.05) is 13.1 Å². The van der Waals surface area contributed by atoms with Crippen molar-refractivity contribution in [3.63, 3.8) is 0 Å². The maximum absolute atomic E-state index is 12.0. The summed E-state index contributed by atoms with van der Waals surface area (Å²) in [6.45, 7) is 2.89. The fourth-order valence-corrected chi connectivity index (χ4v) is 2.22. The Morgan fingerprint density at radius 2 is 2.39 bits per heavy atom. The number of nitrogens with zero attached hydrogens (tertiary/aromatic N) is 3. The van der Waals surface area contributed by atoms with Gasteiger partial charge in [0.1, 0.15) is 0 Å². The van der Waals surface area contributed by atoms with E-state index in [4.69, 9.17) is 0 Å². The molecule has 0 radical (unpaired) electrons. The molecule has 2 heterocycles. The molecule has 18 heavy (non-hydrogen) atoms. The van der Waals surface area contributed by atoms with Gasteiger partial charge in [0, 0.05) is 32.4 Å². The topological polar surface area (TPSA) is 58.4 Å². The van der Waals surface area contributed by atoms with Crippen LogP contribution in [-0.4, -0.2) is 44.4 Å². The molecule has 1 N–H and O–H groups in total. The quantitative estimate of drug-likeness (QED) is 0.789. The molecule has 98 valence electrons. The minimum atomic E-state index is -0.756. The number of hydrogen-bond donors (Lipinski definition) is 1. The van der Waals surface area contributed by atoms with Gasteiger partial charge in [-0.25, -0.2) is 0 Å². The Bertz CT molecular complexity index is 463. The largest absolute Gasteiger partial charge is 0.388 e. The van der Waals surface area contributed by atoms with Crippen LogP contribution in [0.3, 0.4) is 0 Å². The van der Waals surface area contributed by atoms with Gasteiger partial charge in [0.15, 0.2) is 0 Å². The number of hydrogen-bond acceptors (Lipinski definition) is 3. The van der Waals surface area contributed by atoms with Crippen LogP contribution in [0.15, 0.2) is 18.3 Å². The van der Waals surface area contributed by atoms with Crippen LogP contribution in [0.2, 0.25) is 0 Å². The van der Waals surface area contributed by atoms with Crippen LogP contribution in [0.5, 0.6) is 0 Å². The third kappa shape index (κ3) is 2.98. The molecule has 0 spiro atoms. The fraction of sp³-hybridized carbons (Fsp3) is 0.538. The van der Waals surface area contributed by atoms with Gasteiger partial charge < -0.3 is 10.0 Å². The van der Waals surface area contributed by atoms with Crippen LogP contribution < -0.4 is 0 Å². The molecule has 0 aliphatic carbocycles. The number of carbonyl (C=O) groups excluding carboxylic acids is 1. The summed E-state index contributed by atoms with van der Waals surface area (Å²) in [5.74, 6) is -0.0591. The average molecular weight is 249 g/mol. The van der Waals surface area contributed by atoms with Crippen LogP contribution in [-0.2, 0) is 11.8 Å². The zero-order chi connectivity index (χ0) is 13.2. The van der Waals surface area contributed by atoms with Crippen LogP contribution in [0.1, 0.15) is 25.5 Å². The highest BCUT2D eigenvalue weighted by molar-refractivity contribution is 5.91. The first-order valence-corrected chi connectivity index (χ1v) is 6.15. The van der Waals surface area contributed by atoms with Crippen molar-refractivity contribution < 1.29 is 9.90 Å². The van der Waals surface area contributed by atoms with E-state index in [9.17, 15) is 9.90 Å². The Labute approximate surface area is 107 Å². The van der Waals surface area contributed by atoms with Crippen molar-refractivity contribution in [3.05, 3.63) is 24.0 Å². The molecule has 1 atom stereocenters. The lowest BCUT2D eigenvalue weighted by Crippen LogP contribution is -2.48. The summed E-state index contributed by atoms with van der Waals surface area (Å²) in [5, 5.41) is 14.0. The molecule has 1 aliphatic heterocycles. The van der Waals surface area contributed by atoms with Gasteiger partial charge in [-0.1, -0.05) is 0 Å². The highest BCUT2D eigenvalue weighted by Crippen LogP contribution is 2.20. The smallest absolute Gasteiger partial charge is 0.246 e. The van der Waals surface area contributed by atoms with Gasteiger partial charge in [0.2, 0.25) is 5.91 Å². The van der Waals surface area contributed by atoms with E-state index in [-0.39, 0.29) is 5.91 Å². The first-order valence-electron chi connectivity index (χ1n) is 6.15. The highest BCUT2D eigenvalue weighted by atomic mass is 16.3. The van der Waals surface area contributed by atoms with Crippen molar-refractivity contribution in [1.82, 2.24) is 14.7 Å². The summed E-state index contributed by atoms with van der Waals surface area (Å²) in [6.07, 6.45) is 6.58. The average Bonchev–Trinajstić information content (AvgIpc) is 2.70. The van der Waals surface area contributed by atoms with Gasteiger partial charge in [0.05, 0.1) is 11.3 Å². The normalized spacial score (nSPS) is 24.7. The van der Waals surface area contributed by atoms with E-state index < -0.39 is 5.60 Å². The molecule has 1 fully saturated rings. The minimum Gasteiger partial charge on any atom is -0.388 e. The summed E-state index contributed by atoms with van der Waals surface area (Å²) in [4.78, 5) is 13.7. The summed E-state index contributed by atoms with van der Waals surface area (Å²) < 4.78 is 1.70. The summed E-state index contributed by atoms with van der Waals surface area (Å²) in [7, 11) is 1.83. The number of aryl methyl sites for hydroxylation is 1. The van der Waals surface area contributed by atoms with E-state index >= 15 is 0 Å². The van der Waals surface area contributed by atoms with E-state index in [1.54, 1.807) is 34.9 Å². The Morgan fingerprint density at radius 3 is 3.00 bits per heavy atom. The molecular weight excluding hydrogens is 230 g/mol. The van der Waals surface area contributed by atoms with Crippen LogP contribution in [0.4, 0.5) is 0 Å². The fourth-order valence-electron chi connectivity index (χ4n) is 2.22. The van der Waals surface area contributed by atoms with Gasteiger partial charge in [-0.2, -0.15) is 5.10 Å². The third-order valence-electron chi connectivity index (χ3n) is 3.24. The molecule has 0 aromatic carbocycles. The van der Waals surface area contributed by atoms with Gasteiger partial charge in [-0.15, -0.1) is 0 Å². The first-order chi connectivity index (χ1) is 8.48. The predicted octanol–water partition coefficient (Wildman–Crippen LogP) is 0.807. The zero-order valence-electron chi connectivity index (χ0n) is 10.8. The lowest BCUT2D eigenvalue weighted by Gasteiger charge is -2.36. The maximum atomic E-state index is 12.0. The number of β-amino-alcohol motifs (C(OH)–C–C–N with tert-alkyl or cyclic N) is 1. The Balaban J connectivity index is 2.00. The maximum Gasteiger partial charge on any atom is 0.246 e. The SMILES string of the molecule is Cn1nccc1/C=C/C(=O)N1CCCC(C)(O)C1. The van der Waals surface area contributed by atoms with Gasteiger partial charge in [-0.05, 0) is 31.9 Å². The van der Waals surface area contributed by atoms with Crippen LogP contribution in [0.25, 0.3) is 6.08 Å². The molecule has 0 bridgehead atoms. The Kier molecular flexibility index (Phi) is 3.52. The molecule has 5 heteroatoms. The number of likely N-dealkylation sites (tertiary alicyclic amines) is 1. The lowest BCUT2D eigenvalue weighted by molar-refractivity contribution is -0.132. The van der Waals surface area contributed by atoms with E-state index in [0.29, 0.717) is 13.1 Å².